The van der Waals surface area contributed by atoms with E-state index in [4.69, 9.17) is 9.84 Å². The van der Waals surface area contributed by atoms with E-state index < -0.39 is 5.97 Å². The predicted octanol–water partition coefficient (Wildman–Crippen LogP) is 2.01. The summed E-state index contributed by atoms with van der Waals surface area (Å²) >= 11 is 0. The zero-order valence-corrected chi connectivity index (χ0v) is 12.5. The highest BCUT2D eigenvalue weighted by atomic mass is 16.5. The third-order valence-electron chi connectivity index (χ3n) is 3.80. The van der Waals surface area contributed by atoms with Gasteiger partial charge in [0, 0.05) is 19.5 Å². The van der Waals surface area contributed by atoms with Crippen molar-refractivity contribution in [1.82, 2.24) is 4.90 Å². The van der Waals surface area contributed by atoms with E-state index in [-0.39, 0.29) is 24.9 Å². The third-order valence-corrected chi connectivity index (χ3v) is 3.80. The van der Waals surface area contributed by atoms with E-state index >= 15 is 0 Å². The molecule has 5 heteroatoms. The molecule has 1 saturated heterocycles. The van der Waals surface area contributed by atoms with Crippen molar-refractivity contribution in [3.63, 3.8) is 0 Å². The molecule has 1 unspecified atom stereocenters. The molecule has 1 heterocycles. The van der Waals surface area contributed by atoms with Crippen LogP contribution in [0.3, 0.4) is 0 Å². The van der Waals surface area contributed by atoms with Crippen molar-refractivity contribution in [2.75, 3.05) is 19.7 Å². The summed E-state index contributed by atoms with van der Waals surface area (Å²) in [4.78, 5) is 24.5. The number of hydrogen-bond donors (Lipinski definition) is 1. The Hall–Kier alpha value is -2.04. The Kier molecular flexibility index (Phi) is 4.83. The summed E-state index contributed by atoms with van der Waals surface area (Å²) in [5.41, 5.74) is 2.09. The minimum atomic E-state index is -0.805. The van der Waals surface area contributed by atoms with Gasteiger partial charge in [-0.15, -0.1) is 0 Å². The van der Waals surface area contributed by atoms with Crippen LogP contribution in [0.25, 0.3) is 0 Å². The normalized spacial score (nSPS) is 17.8. The number of aliphatic carboxylic acids is 1. The number of carbonyl (C=O) groups is 2. The number of carboxylic acid groups (broad SMARTS) is 1. The van der Waals surface area contributed by atoms with E-state index in [0.717, 1.165) is 23.3 Å². The molecular formula is C16H21NO4. The molecule has 0 aromatic heterocycles. The Morgan fingerprint density at radius 1 is 1.38 bits per heavy atom. The molecule has 0 bridgehead atoms. The molecule has 1 aliphatic heterocycles. The largest absolute Gasteiger partial charge is 0.483 e. The van der Waals surface area contributed by atoms with Crippen LogP contribution in [0.5, 0.6) is 5.75 Å². The van der Waals surface area contributed by atoms with Gasteiger partial charge < -0.3 is 14.7 Å². The lowest BCUT2D eigenvalue weighted by molar-refractivity contribution is -0.138. The van der Waals surface area contributed by atoms with Gasteiger partial charge >= 0.3 is 5.97 Å². The molecule has 114 valence electrons. The lowest BCUT2D eigenvalue weighted by Gasteiger charge is -2.17. The number of rotatable bonds is 5. The van der Waals surface area contributed by atoms with Crippen molar-refractivity contribution in [3.8, 4) is 5.75 Å². The number of nitrogens with zero attached hydrogens (tertiary/aromatic N) is 1. The Morgan fingerprint density at radius 2 is 2.14 bits per heavy atom. The fourth-order valence-electron chi connectivity index (χ4n) is 2.57. The van der Waals surface area contributed by atoms with Crippen LogP contribution in [0.2, 0.25) is 0 Å². The topological polar surface area (TPSA) is 66.8 Å². The molecule has 0 spiro atoms. The van der Waals surface area contributed by atoms with Gasteiger partial charge in [0.15, 0.2) is 6.61 Å². The molecular weight excluding hydrogens is 270 g/mol. The highest BCUT2D eigenvalue weighted by Crippen LogP contribution is 2.21. The van der Waals surface area contributed by atoms with Crippen LogP contribution in [-0.2, 0) is 9.59 Å². The molecule has 1 atom stereocenters. The lowest BCUT2D eigenvalue weighted by atomic mass is 10.1. The summed E-state index contributed by atoms with van der Waals surface area (Å²) in [7, 11) is 0. The van der Waals surface area contributed by atoms with Crippen LogP contribution in [0.1, 0.15) is 24.0 Å². The van der Waals surface area contributed by atoms with E-state index in [1.807, 2.05) is 32.0 Å². The van der Waals surface area contributed by atoms with E-state index in [9.17, 15) is 9.59 Å². The molecule has 1 N–H and O–H groups in total. The maximum absolute atomic E-state index is 12.1. The smallest absolute Gasteiger partial charge is 0.303 e. The average molecular weight is 291 g/mol. The summed E-state index contributed by atoms with van der Waals surface area (Å²) in [5, 5.41) is 8.78. The lowest BCUT2D eigenvalue weighted by Crippen LogP contribution is -2.33. The molecule has 1 amide bonds. The first-order valence-electron chi connectivity index (χ1n) is 7.15. The van der Waals surface area contributed by atoms with Crippen LogP contribution < -0.4 is 4.74 Å². The molecule has 1 aromatic carbocycles. The number of carboxylic acids is 1. The van der Waals surface area contributed by atoms with E-state index in [0.29, 0.717) is 13.1 Å². The summed E-state index contributed by atoms with van der Waals surface area (Å²) < 4.78 is 5.60. The first kappa shape index (κ1) is 15.4. The van der Waals surface area contributed by atoms with Gasteiger partial charge in [-0.2, -0.15) is 0 Å². The number of aryl methyl sites for hydroxylation is 2. The number of benzene rings is 1. The maximum Gasteiger partial charge on any atom is 0.303 e. The fourth-order valence-corrected chi connectivity index (χ4v) is 2.57. The van der Waals surface area contributed by atoms with Crippen molar-refractivity contribution in [3.05, 3.63) is 29.3 Å². The van der Waals surface area contributed by atoms with Crippen LogP contribution in [0.4, 0.5) is 0 Å². The number of likely N-dealkylation sites (tertiary alicyclic amines) is 1. The van der Waals surface area contributed by atoms with Crippen molar-refractivity contribution in [1.29, 1.82) is 0 Å². The zero-order valence-electron chi connectivity index (χ0n) is 12.5. The summed E-state index contributed by atoms with van der Waals surface area (Å²) in [6.45, 7) is 5.06. The Morgan fingerprint density at radius 3 is 2.86 bits per heavy atom. The minimum Gasteiger partial charge on any atom is -0.483 e. The SMILES string of the molecule is Cc1ccc(C)c(OCC(=O)N2CCC(CC(=O)O)C2)c1. The van der Waals surface area contributed by atoms with Gasteiger partial charge in [0.2, 0.25) is 0 Å². The van der Waals surface area contributed by atoms with Gasteiger partial charge in [-0.25, -0.2) is 0 Å². The van der Waals surface area contributed by atoms with E-state index in [2.05, 4.69) is 0 Å². The van der Waals surface area contributed by atoms with Gasteiger partial charge in [0.25, 0.3) is 5.91 Å². The summed E-state index contributed by atoms with van der Waals surface area (Å²) in [6.07, 6.45) is 0.878. The van der Waals surface area contributed by atoms with Gasteiger partial charge in [-0.05, 0) is 43.4 Å². The van der Waals surface area contributed by atoms with Crippen molar-refractivity contribution < 1.29 is 19.4 Å². The van der Waals surface area contributed by atoms with Crippen LogP contribution in [0.15, 0.2) is 18.2 Å². The molecule has 21 heavy (non-hydrogen) atoms. The number of carbonyl (C=O) groups excluding carboxylic acids is 1. The number of hydrogen-bond acceptors (Lipinski definition) is 3. The van der Waals surface area contributed by atoms with E-state index in [1.54, 1.807) is 4.90 Å². The molecule has 0 radical (unpaired) electrons. The number of ether oxygens (including phenoxy) is 1. The molecule has 0 saturated carbocycles. The molecule has 1 aliphatic rings. The van der Waals surface area contributed by atoms with Crippen LogP contribution in [-0.4, -0.2) is 41.6 Å². The van der Waals surface area contributed by atoms with Gasteiger partial charge in [0.05, 0.1) is 0 Å². The van der Waals surface area contributed by atoms with Crippen molar-refractivity contribution in [2.24, 2.45) is 5.92 Å². The predicted molar refractivity (Wildman–Crippen MR) is 78.4 cm³/mol. The summed E-state index contributed by atoms with van der Waals surface area (Å²) in [5.74, 6) is -0.0958. The molecule has 1 aromatic rings. The molecule has 1 fully saturated rings. The second-order valence-electron chi connectivity index (χ2n) is 5.65. The highest BCUT2D eigenvalue weighted by molar-refractivity contribution is 5.78. The van der Waals surface area contributed by atoms with E-state index in [1.165, 1.54) is 0 Å². The van der Waals surface area contributed by atoms with Gasteiger partial charge in [-0.1, -0.05) is 12.1 Å². The first-order chi connectivity index (χ1) is 9.95. The summed E-state index contributed by atoms with van der Waals surface area (Å²) in [6, 6.07) is 5.88. The second-order valence-corrected chi connectivity index (χ2v) is 5.65. The van der Waals surface area contributed by atoms with Crippen molar-refractivity contribution >= 4 is 11.9 Å². The van der Waals surface area contributed by atoms with Crippen LogP contribution in [0, 0.1) is 19.8 Å². The Labute approximate surface area is 124 Å². The highest BCUT2D eigenvalue weighted by Gasteiger charge is 2.27. The third kappa shape index (κ3) is 4.21. The minimum absolute atomic E-state index is 0.00405. The van der Waals surface area contributed by atoms with Crippen molar-refractivity contribution in [2.45, 2.75) is 26.7 Å². The second kappa shape index (κ2) is 6.61. The van der Waals surface area contributed by atoms with Gasteiger partial charge in [0.1, 0.15) is 5.75 Å². The average Bonchev–Trinajstić information content (AvgIpc) is 2.87. The zero-order chi connectivity index (χ0) is 15.4. The quantitative estimate of drug-likeness (QED) is 0.901. The van der Waals surface area contributed by atoms with Crippen LogP contribution >= 0.6 is 0 Å². The number of amides is 1. The first-order valence-corrected chi connectivity index (χ1v) is 7.15. The fraction of sp³-hybridized carbons (Fsp3) is 0.500. The monoisotopic (exact) mass is 291 g/mol. The van der Waals surface area contributed by atoms with Gasteiger partial charge in [-0.3, -0.25) is 9.59 Å². The molecule has 2 rings (SSSR count). The Bertz CT molecular complexity index is 541. The standard InChI is InChI=1S/C16H21NO4/c1-11-3-4-12(2)14(7-11)21-10-15(18)17-6-5-13(9-17)8-16(19)20/h3-4,7,13H,5-6,8-10H2,1-2H3,(H,19,20). The molecule has 5 nitrogen and oxygen atoms in total. The maximum atomic E-state index is 12.1. The Balaban J connectivity index is 1.85. The molecule has 0 aliphatic carbocycles.